The summed E-state index contributed by atoms with van der Waals surface area (Å²) in [5, 5.41) is 0. The Morgan fingerprint density at radius 3 is 1.20 bits per heavy atom. The van der Waals surface area contributed by atoms with Gasteiger partial charge in [0.2, 0.25) is 0 Å². The first-order valence-corrected chi connectivity index (χ1v) is 5.52. The fraction of sp³-hybridized carbons (Fsp3) is 1.00. The predicted molar refractivity (Wildman–Crippen MR) is 66.4 cm³/mol. The Morgan fingerprint density at radius 2 is 1.00 bits per heavy atom. The van der Waals surface area contributed by atoms with E-state index in [1.165, 1.54) is 0 Å². The molecule has 0 unspecified atom stereocenters. The van der Waals surface area contributed by atoms with Crippen molar-refractivity contribution in [2.45, 2.75) is 38.8 Å². The molecule has 3 nitrogen and oxygen atoms in total. The van der Waals surface area contributed by atoms with Crippen LogP contribution in [0.3, 0.4) is 0 Å². The van der Waals surface area contributed by atoms with Gasteiger partial charge in [-0.2, -0.15) is 0 Å². The van der Waals surface area contributed by atoms with E-state index in [9.17, 15) is 0 Å². The summed E-state index contributed by atoms with van der Waals surface area (Å²) < 4.78 is 5.80. The first-order valence-electron chi connectivity index (χ1n) is 5.52. The number of hydrogen-bond donors (Lipinski definition) is 0. The molecule has 0 aliphatic heterocycles. The Labute approximate surface area is 95.4 Å². The van der Waals surface area contributed by atoms with Crippen LogP contribution in [0.5, 0.6) is 0 Å². The smallest absolute Gasteiger partial charge is 0.0645 e. The van der Waals surface area contributed by atoms with Crippen LogP contribution < -0.4 is 0 Å². The van der Waals surface area contributed by atoms with Crippen LogP contribution in [0, 0.1) is 0 Å². The van der Waals surface area contributed by atoms with Gasteiger partial charge in [-0.05, 0) is 55.9 Å². The van der Waals surface area contributed by atoms with Crippen molar-refractivity contribution in [1.29, 1.82) is 0 Å². The van der Waals surface area contributed by atoms with Gasteiger partial charge in [-0.1, -0.05) is 0 Å². The molecule has 0 aromatic carbocycles. The van der Waals surface area contributed by atoms with E-state index >= 15 is 0 Å². The quantitative estimate of drug-likeness (QED) is 0.672. The molecular weight excluding hydrogens is 188 g/mol. The van der Waals surface area contributed by atoms with Crippen LogP contribution in [0.25, 0.3) is 0 Å². The monoisotopic (exact) mass is 216 g/mol. The Bertz CT molecular complexity index is 166. The summed E-state index contributed by atoms with van der Waals surface area (Å²) in [6.45, 7) is 10.3. The molecule has 0 heterocycles. The summed E-state index contributed by atoms with van der Waals surface area (Å²) in [5.41, 5.74) is 0.199. The first kappa shape index (κ1) is 14.9. The van der Waals surface area contributed by atoms with Crippen LogP contribution in [0.4, 0.5) is 0 Å². The van der Waals surface area contributed by atoms with Gasteiger partial charge < -0.3 is 14.5 Å². The van der Waals surface area contributed by atoms with E-state index in [0.29, 0.717) is 0 Å². The molecule has 3 heteroatoms. The summed E-state index contributed by atoms with van der Waals surface area (Å²) in [6, 6.07) is 0. The summed E-state index contributed by atoms with van der Waals surface area (Å²) in [5.74, 6) is 0. The minimum absolute atomic E-state index is 0.0996. The average Bonchev–Trinajstić information content (AvgIpc) is 2.02. The third-order valence-corrected chi connectivity index (χ3v) is 3.33. The van der Waals surface area contributed by atoms with Crippen molar-refractivity contribution in [3.8, 4) is 0 Å². The van der Waals surface area contributed by atoms with Crippen LogP contribution in [0.2, 0.25) is 0 Å². The van der Waals surface area contributed by atoms with Gasteiger partial charge >= 0.3 is 0 Å². The molecular formula is C12H28N2O. The van der Waals surface area contributed by atoms with Crippen molar-refractivity contribution in [2.24, 2.45) is 0 Å². The number of nitrogens with zero attached hydrogens (tertiary/aromatic N) is 2. The molecule has 0 N–H and O–H groups in total. The van der Waals surface area contributed by atoms with Crippen molar-refractivity contribution in [1.82, 2.24) is 9.80 Å². The molecule has 0 saturated carbocycles. The number of hydrogen-bond acceptors (Lipinski definition) is 3. The molecule has 0 bridgehead atoms. The normalized spacial score (nSPS) is 14.0. The zero-order valence-corrected chi connectivity index (χ0v) is 11.7. The van der Waals surface area contributed by atoms with Gasteiger partial charge in [-0.15, -0.1) is 0 Å². The molecule has 15 heavy (non-hydrogen) atoms. The van der Waals surface area contributed by atoms with Gasteiger partial charge in [0.25, 0.3) is 0 Å². The third-order valence-electron chi connectivity index (χ3n) is 3.33. The lowest BCUT2D eigenvalue weighted by Gasteiger charge is -2.36. The Kier molecular flexibility index (Phi) is 5.24. The minimum atomic E-state index is 0.0996. The van der Waals surface area contributed by atoms with E-state index < -0.39 is 0 Å². The summed E-state index contributed by atoms with van der Waals surface area (Å²) >= 11 is 0. The summed E-state index contributed by atoms with van der Waals surface area (Å²) in [4.78, 5) is 4.38. The topological polar surface area (TPSA) is 15.7 Å². The van der Waals surface area contributed by atoms with E-state index in [1.54, 1.807) is 0 Å². The second-order valence-corrected chi connectivity index (χ2v) is 5.91. The van der Waals surface area contributed by atoms with Gasteiger partial charge in [0.15, 0.2) is 0 Å². The van der Waals surface area contributed by atoms with Crippen LogP contribution in [0.1, 0.15) is 27.7 Å². The molecule has 0 amide bonds. The fourth-order valence-electron chi connectivity index (χ4n) is 0.809. The number of likely N-dealkylation sites (N-methyl/N-ethyl adjacent to an activating group) is 2. The van der Waals surface area contributed by atoms with E-state index in [-0.39, 0.29) is 11.1 Å². The van der Waals surface area contributed by atoms with Crippen molar-refractivity contribution in [3.63, 3.8) is 0 Å². The van der Waals surface area contributed by atoms with Crippen molar-refractivity contribution in [3.05, 3.63) is 0 Å². The van der Waals surface area contributed by atoms with Gasteiger partial charge in [0.1, 0.15) is 0 Å². The van der Waals surface area contributed by atoms with Crippen molar-refractivity contribution >= 4 is 0 Å². The Hall–Kier alpha value is -0.120. The molecule has 92 valence electrons. The van der Waals surface area contributed by atoms with Gasteiger partial charge in [-0.25, -0.2) is 0 Å². The maximum Gasteiger partial charge on any atom is 0.0645 e. The van der Waals surface area contributed by atoms with E-state index in [2.05, 4.69) is 65.7 Å². The minimum Gasteiger partial charge on any atom is -0.378 e. The highest BCUT2D eigenvalue weighted by atomic mass is 16.5. The standard InChI is InChI=1S/C12H28N2O/c1-11(2,13(5)6)9-15-10-12(3,4)14(7)8/h9-10H2,1-8H3. The van der Waals surface area contributed by atoms with Gasteiger partial charge in [0.05, 0.1) is 13.2 Å². The molecule has 0 saturated heterocycles. The van der Waals surface area contributed by atoms with E-state index in [4.69, 9.17) is 4.74 Å². The van der Waals surface area contributed by atoms with E-state index in [1.807, 2.05) is 0 Å². The molecule has 0 aromatic heterocycles. The second-order valence-electron chi connectivity index (χ2n) is 5.91. The lowest BCUT2D eigenvalue weighted by Crippen LogP contribution is -2.46. The van der Waals surface area contributed by atoms with Crippen LogP contribution in [-0.2, 0) is 4.74 Å². The second kappa shape index (κ2) is 5.28. The summed E-state index contributed by atoms with van der Waals surface area (Å²) in [7, 11) is 8.34. The predicted octanol–water partition coefficient (Wildman–Crippen LogP) is 1.68. The number of rotatable bonds is 6. The van der Waals surface area contributed by atoms with Crippen molar-refractivity contribution in [2.75, 3.05) is 41.4 Å². The number of ether oxygens (including phenoxy) is 1. The SMILES string of the molecule is CN(C)C(C)(C)COCC(C)(C)N(C)C. The fourth-order valence-corrected chi connectivity index (χ4v) is 0.809. The lowest BCUT2D eigenvalue weighted by atomic mass is 10.0. The molecule has 0 atom stereocenters. The molecule has 0 spiro atoms. The van der Waals surface area contributed by atoms with Crippen LogP contribution in [-0.4, -0.2) is 62.3 Å². The van der Waals surface area contributed by atoms with Crippen LogP contribution in [0.15, 0.2) is 0 Å². The van der Waals surface area contributed by atoms with Gasteiger partial charge in [-0.3, -0.25) is 0 Å². The first-order chi connectivity index (χ1) is 6.59. The molecule has 0 aliphatic carbocycles. The molecule has 0 aliphatic rings. The summed E-state index contributed by atoms with van der Waals surface area (Å²) in [6.07, 6.45) is 0. The Balaban J connectivity index is 4.00. The molecule has 0 aromatic rings. The highest BCUT2D eigenvalue weighted by Crippen LogP contribution is 2.14. The lowest BCUT2D eigenvalue weighted by molar-refractivity contribution is -0.0111. The molecule has 0 rings (SSSR count). The van der Waals surface area contributed by atoms with E-state index in [0.717, 1.165) is 13.2 Å². The zero-order valence-electron chi connectivity index (χ0n) is 11.7. The maximum absolute atomic E-state index is 5.80. The maximum atomic E-state index is 5.80. The highest BCUT2D eigenvalue weighted by Gasteiger charge is 2.24. The van der Waals surface area contributed by atoms with Crippen LogP contribution >= 0.6 is 0 Å². The average molecular weight is 216 g/mol. The van der Waals surface area contributed by atoms with Crippen molar-refractivity contribution < 1.29 is 4.74 Å². The molecule has 0 radical (unpaired) electrons. The Morgan fingerprint density at radius 1 is 0.733 bits per heavy atom. The van der Waals surface area contributed by atoms with Gasteiger partial charge in [0, 0.05) is 11.1 Å². The zero-order chi connectivity index (χ0) is 12.3. The largest absolute Gasteiger partial charge is 0.378 e. The molecule has 0 fully saturated rings. The third kappa shape index (κ3) is 4.96. The highest BCUT2D eigenvalue weighted by molar-refractivity contribution is 4.80.